The van der Waals surface area contributed by atoms with E-state index in [0.717, 1.165) is 0 Å². The summed E-state index contributed by atoms with van der Waals surface area (Å²) in [6, 6.07) is 5.86. The van der Waals surface area contributed by atoms with Gasteiger partial charge in [0.15, 0.2) is 0 Å². The Bertz CT molecular complexity index is 497. The van der Waals surface area contributed by atoms with Gasteiger partial charge in [-0.25, -0.2) is 4.79 Å². The molecule has 0 fully saturated rings. The van der Waals surface area contributed by atoms with E-state index in [2.05, 4.69) is 5.32 Å². The molecule has 0 spiro atoms. The normalized spacial score (nSPS) is 12.8. The minimum Gasteiger partial charge on any atom is -0.383 e. The third kappa shape index (κ3) is 6.15. The summed E-state index contributed by atoms with van der Waals surface area (Å²) < 4.78 is 41.9. The van der Waals surface area contributed by atoms with Crippen LogP contribution in [0.5, 0.6) is 0 Å². The number of para-hydroxylation sites is 1. The number of halogens is 3. The molecule has 1 atom stereocenters. The van der Waals surface area contributed by atoms with Crippen LogP contribution in [0.2, 0.25) is 0 Å². The van der Waals surface area contributed by atoms with Crippen molar-refractivity contribution in [1.29, 1.82) is 0 Å². The van der Waals surface area contributed by atoms with Gasteiger partial charge in [-0.15, -0.1) is 11.8 Å². The fraction of sp³-hybridized carbons (Fsp3) is 0.500. The van der Waals surface area contributed by atoms with Crippen LogP contribution in [0, 0.1) is 0 Å². The molecule has 1 aromatic carbocycles. The molecule has 1 rings (SSSR count). The molecule has 22 heavy (non-hydrogen) atoms. The smallest absolute Gasteiger partial charge is 0.383 e. The molecule has 0 saturated carbocycles. The zero-order valence-electron chi connectivity index (χ0n) is 12.6. The number of rotatable bonds is 6. The summed E-state index contributed by atoms with van der Waals surface area (Å²) in [4.78, 5) is 13.9. The number of thioether (sulfide) groups is 1. The Labute approximate surface area is 132 Å². The van der Waals surface area contributed by atoms with E-state index in [-0.39, 0.29) is 6.04 Å². The minimum atomic E-state index is -4.26. The van der Waals surface area contributed by atoms with Crippen molar-refractivity contribution in [2.45, 2.75) is 24.0 Å². The van der Waals surface area contributed by atoms with E-state index in [0.29, 0.717) is 29.0 Å². The van der Waals surface area contributed by atoms with E-state index >= 15 is 0 Å². The third-order valence-electron chi connectivity index (χ3n) is 2.91. The zero-order chi connectivity index (χ0) is 16.8. The second kappa shape index (κ2) is 8.28. The molecular weight excluding hydrogens is 317 g/mol. The molecule has 0 aliphatic carbocycles. The molecule has 0 aromatic heterocycles. The predicted molar refractivity (Wildman–Crippen MR) is 81.3 cm³/mol. The van der Waals surface area contributed by atoms with Gasteiger partial charge in [-0.1, -0.05) is 12.1 Å². The number of nitrogens with one attached hydrogen (secondary N) is 1. The Morgan fingerprint density at radius 1 is 1.41 bits per heavy atom. The Balaban J connectivity index is 2.74. The van der Waals surface area contributed by atoms with E-state index in [9.17, 15) is 18.0 Å². The number of carbonyl (C=O) groups excluding carboxylic acids is 1. The number of carbonyl (C=O) groups is 1. The molecule has 0 saturated heterocycles. The Morgan fingerprint density at radius 2 is 2.05 bits per heavy atom. The molecule has 0 radical (unpaired) electrons. The van der Waals surface area contributed by atoms with Crippen LogP contribution in [0.3, 0.4) is 0 Å². The van der Waals surface area contributed by atoms with Crippen molar-refractivity contribution in [3.05, 3.63) is 24.3 Å². The average molecular weight is 336 g/mol. The number of anilines is 1. The SMILES string of the molecule is COC[C@@H](C)N(C)C(=O)Nc1ccccc1SCC(F)(F)F. The lowest BCUT2D eigenvalue weighted by Crippen LogP contribution is -2.40. The van der Waals surface area contributed by atoms with Crippen molar-refractivity contribution in [2.24, 2.45) is 0 Å². The topological polar surface area (TPSA) is 41.6 Å². The lowest BCUT2D eigenvalue weighted by molar-refractivity contribution is -0.105. The molecule has 2 amide bonds. The van der Waals surface area contributed by atoms with Crippen LogP contribution >= 0.6 is 11.8 Å². The highest BCUT2D eigenvalue weighted by Gasteiger charge is 2.28. The average Bonchev–Trinajstić information content (AvgIpc) is 2.44. The summed E-state index contributed by atoms with van der Waals surface area (Å²) >= 11 is 0.643. The largest absolute Gasteiger partial charge is 0.398 e. The summed E-state index contributed by atoms with van der Waals surface area (Å²) in [6.07, 6.45) is -4.26. The molecular formula is C14H19F3N2O2S. The minimum absolute atomic E-state index is 0.153. The molecule has 0 bridgehead atoms. The maximum atomic E-state index is 12.3. The van der Waals surface area contributed by atoms with Gasteiger partial charge in [0.05, 0.1) is 24.1 Å². The molecule has 0 heterocycles. The van der Waals surface area contributed by atoms with Gasteiger partial charge < -0.3 is 15.0 Å². The van der Waals surface area contributed by atoms with Crippen molar-refractivity contribution in [2.75, 3.05) is 31.8 Å². The van der Waals surface area contributed by atoms with E-state index in [1.54, 1.807) is 31.3 Å². The van der Waals surface area contributed by atoms with Gasteiger partial charge in [0.1, 0.15) is 0 Å². The van der Waals surface area contributed by atoms with E-state index in [4.69, 9.17) is 4.74 Å². The molecule has 0 aliphatic rings. The maximum absolute atomic E-state index is 12.3. The van der Waals surface area contributed by atoms with E-state index < -0.39 is 18.0 Å². The van der Waals surface area contributed by atoms with Gasteiger partial charge in [-0.3, -0.25) is 0 Å². The van der Waals surface area contributed by atoms with Gasteiger partial charge in [0, 0.05) is 19.1 Å². The number of ether oxygens (including phenoxy) is 1. The number of hydrogen-bond donors (Lipinski definition) is 1. The molecule has 124 valence electrons. The number of alkyl halides is 3. The first kappa shape index (κ1) is 18.6. The number of likely N-dealkylation sites (N-methyl/N-ethyl adjacent to an activating group) is 1. The highest BCUT2D eigenvalue weighted by molar-refractivity contribution is 7.99. The summed E-state index contributed by atoms with van der Waals surface area (Å²) in [5.41, 5.74) is 0.359. The van der Waals surface area contributed by atoms with Crippen LogP contribution in [-0.4, -0.2) is 49.7 Å². The quantitative estimate of drug-likeness (QED) is 0.803. The van der Waals surface area contributed by atoms with Crippen molar-refractivity contribution in [1.82, 2.24) is 4.90 Å². The number of urea groups is 1. The van der Waals surface area contributed by atoms with Crippen LogP contribution < -0.4 is 5.32 Å². The van der Waals surface area contributed by atoms with Crippen LogP contribution in [0.15, 0.2) is 29.2 Å². The maximum Gasteiger partial charge on any atom is 0.398 e. The number of benzene rings is 1. The Morgan fingerprint density at radius 3 is 2.64 bits per heavy atom. The summed E-state index contributed by atoms with van der Waals surface area (Å²) in [6.45, 7) is 2.18. The summed E-state index contributed by atoms with van der Waals surface area (Å²) in [5, 5.41) is 2.63. The van der Waals surface area contributed by atoms with Crippen LogP contribution in [-0.2, 0) is 4.74 Å². The fourth-order valence-electron chi connectivity index (χ4n) is 1.61. The first-order valence-electron chi connectivity index (χ1n) is 6.56. The first-order chi connectivity index (χ1) is 10.2. The second-order valence-corrected chi connectivity index (χ2v) is 5.76. The number of amides is 2. The number of hydrogen-bond acceptors (Lipinski definition) is 3. The van der Waals surface area contributed by atoms with E-state index in [1.807, 2.05) is 6.92 Å². The van der Waals surface area contributed by atoms with Crippen LogP contribution in [0.25, 0.3) is 0 Å². The van der Waals surface area contributed by atoms with Crippen molar-refractivity contribution >= 4 is 23.5 Å². The zero-order valence-corrected chi connectivity index (χ0v) is 13.4. The summed E-state index contributed by atoms with van der Waals surface area (Å²) in [5.74, 6) is -1.00. The van der Waals surface area contributed by atoms with Crippen molar-refractivity contribution in [3.63, 3.8) is 0 Å². The molecule has 1 aromatic rings. The fourth-order valence-corrected chi connectivity index (χ4v) is 2.38. The van der Waals surface area contributed by atoms with Gasteiger partial charge in [-0.2, -0.15) is 13.2 Å². The van der Waals surface area contributed by atoms with Gasteiger partial charge in [-0.05, 0) is 19.1 Å². The molecule has 0 aliphatic heterocycles. The molecule has 4 nitrogen and oxygen atoms in total. The highest BCUT2D eigenvalue weighted by Crippen LogP contribution is 2.32. The number of nitrogens with zero attached hydrogens (tertiary/aromatic N) is 1. The lowest BCUT2D eigenvalue weighted by Gasteiger charge is -2.25. The second-order valence-electron chi connectivity index (χ2n) is 4.75. The standard InChI is InChI=1S/C14H19F3N2O2S/c1-10(8-21-3)19(2)13(20)18-11-6-4-5-7-12(11)22-9-14(15,16)17/h4-7,10H,8-9H2,1-3H3,(H,18,20)/t10-/m1/s1. The lowest BCUT2D eigenvalue weighted by atomic mass is 10.3. The summed E-state index contributed by atoms with van der Waals surface area (Å²) in [7, 11) is 3.13. The van der Waals surface area contributed by atoms with Crippen LogP contribution in [0.1, 0.15) is 6.92 Å². The Kier molecular flexibility index (Phi) is 7.02. The van der Waals surface area contributed by atoms with Gasteiger partial charge >= 0.3 is 12.2 Å². The van der Waals surface area contributed by atoms with Gasteiger partial charge in [0.25, 0.3) is 0 Å². The third-order valence-corrected chi connectivity index (χ3v) is 4.05. The van der Waals surface area contributed by atoms with Gasteiger partial charge in [0.2, 0.25) is 0 Å². The number of methoxy groups -OCH3 is 1. The molecule has 1 N–H and O–H groups in total. The predicted octanol–water partition coefficient (Wildman–Crippen LogP) is 3.84. The van der Waals surface area contributed by atoms with Crippen molar-refractivity contribution < 1.29 is 22.7 Å². The first-order valence-corrected chi connectivity index (χ1v) is 7.54. The molecule has 0 unspecified atom stereocenters. The van der Waals surface area contributed by atoms with Crippen LogP contribution in [0.4, 0.5) is 23.7 Å². The molecule has 8 heteroatoms. The highest BCUT2D eigenvalue weighted by atomic mass is 32.2. The Hall–Kier alpha value is -1.41. The van der Waals surface area contributed by atoms with Crippen molar-refractivity contribution in [3.8, 4) is 0 Å². The monoisotopic (exact) mass is 336 g/mol. The van der Waals surface area contributed by atoms with E-state index in [1.165, 1.54) is 12.0 Å².